The molecule has 1 atom stereocenters. The van der Waals surface area contributed by atoms with Crippen molar-refractivity contribution < 1.29 is 43.7 Å². The van der Waals surface area contributed by atoms with Crippen molar-refractivity contribution in [2.24, 2.45) is 0 Å². The molecule has 0 saturated carbocycles. The maximum absolute atomic E-state index is 10.8. The highest BCUT2D eigenvalue weighted by Gasteiger charge is 2.58. The summed E-state index contributed by atoms with van der Waals surface area (Å²) in [5, 5.41) is 13.3. The van der Waals surface area contributed by atoms with E-state index in [1.807, 2.05) is 6.92 Å². The summed E-state index contributed by atoms with van der Waals surface area (Å²) in [7, 11) is -3.70. The van der Waals surface area contributed by atoms with Crippen molar-refractivity contribution in [2.75, 3.05) is 13.7 Å². The fourth-order valence-electron chi connectivity index (χ4n) is 0.562. The summed E-state index contributed by atoms with van der Waals surface area (Å²) in [6.45, 7) is 3.15. The minimum absolute atomic E-state index is 0.368. The molecule has 0 fully saturated rings. The molecule has 9 nitrogen and oxygen atoms in total. The number of carbonyl (C=O) groups excluding carboxylic acids is 1. The van der Waals surface area contributed by atoms with Gasteiger partial charge in [-0.1, -0.05) is 0 Å². The second-order valence-corrected chi connectivity index (χ2v) is 5.12. The highest BCUT2D eigenvalue weighted by molar-refractivity contribution is 7.56. The monoisotopic (exact) mass is 286 g/mol. The Bertz CT molecular complexity index is 369. The molecule has 0 aromatic rings. The van der Waals surface area contributed by atoms with Gasteiger partial charge in [0.05, 0.1) is 0 Å². The molecule has 0 saturated heterocycles. The molecule has 10 heteroatoms. The number of ether oxygens (including phenoxy) is 1. The first-order valence-electron chi connectivity index (χ1n) is 4.52. The lowest BCUT2D eigenvalue weighted by atomic mass is 10.1. The van der Waals surface area contributed by atoms with E-state index in [1.54, 1.807) is 7.11 Å². The van der Waals surface area contributed by atoms with Crippen LogP contribution in [0.25, 0.3) is 0 Å². The average Bonchev–Trinajstić information content (AvgIpc) is 2.25. The van der Waals surface area contributed by atoms with Gasteiger partial charge < -0.3 is 24.7 Å². The van der Waals surface area contributed by atoms with Gasteiger partial charge in [0, 0.05) is 13.7 Å². The minimum Gasteiger partial charge on any atom is -0.480 e. The van der Waals surface area contributed by atoms with Gasteiger partial charge >= 0.3 is 19.5 Å². The van der Waals surface area contributed by atoms with Crippen molar-refractivity contribution >= 4 is 25.3 Å². The third kappa shape index (κ3) is 4.53. The molecule has 1 unspecified atom stereocenters. The van der Waals surface area contributed by atoms with E-state index in [1.165, 1.54) is 0 Å². The SMILES string of the molecule is CC(C(=O)O)(C(=O)C(=O)O)P(=O)(O)O.CCOC. The number of carboxylic acids is 2. The Morgan fingerprint density at radius 2 is 1.56 bits per heavy atom. The van der Waals surface area contributed by atoms with E-state index in [9.17, 15) is 18.9 Å². The van der Waals surface area contributed by atoms with Crippen LogP contribution in [-0.2, 0) is 23.7 Å². The van der Waals surface area contributed by atoms with Crippen molar-refractivity contribution in [1.82, 2.24) is 0 Å². The zero-order chi connectivity index (χ0) is 15.1. The van der Waals surface area contributed by atoms with Gasteiger partial charge in [-0.3, -0.25) is 14.2 Å². The molecular formula is C8H15O9P. The summed E-state index contributed by atoms with van der Waals surface area (Å²) in [6, 6.07) is 0. The van der Waals surface area contributed by atoms with Crippen molar-refractivity contribution in [1.29, 1.82) is 0 Å². The van der Waals surface area contributed by atoms with E-state index >= 15 is 0 Å². The summed E-state index contributed by atoms with van der Waals surface area (Å²) in [5.41, 5.74) is 0. The third-order valence-electron chi connectivity index (χ3n) is 1.92. The number of carbonyl (C=O) groups is 3. The molecule has 0 amide bonds. The Morgan fingerprint density at radius 3 is 1.61 bits per heavy atom. The molecular weight excluding hydrogens is 271 g/mol. The molecule has 0 radical (unpaired) electrons. The van der Waals surface area contributed by atoms with E-state index in [0.29, 0.717) is 6.92 Å². The van der Waals surface area contributed by atoms with Crippen LogP contribution in [0.5, 0.6) is 0 Å². The van der Waals surface area contributed by atoms with E-state index in [4.69, 9.17) is 20.0 Å². The zero-order valence-electron chi connectivity index (χ0n) is 9.98. The second kappa shape index (κ2) is 7.22. The van der Waals surface area contributed by atoms with E-state index < -0.39 is 30.5 Å². The lowest BCUT2D eigenvalue weighted by molar-refractivity contribution is -0.155. The summed E-state index contributed by atoms with van der Waals surface area (Å²) < 4.78 is 15.2. The Balaban J connectivity index is 0. The van der Waals surface area contributed by atoms with E-state index in [-0.39, 0.29) is 0 Å². The molecule has 0 aromatic heterocycles. The predicted molar refractivity (Wildman–Crippen MR) is 58.3 cm³/mol. The number of aliphatic carboxylic acids is 2. The van der Waals surface area contributed by atoms with Gasteiger partial charge in [-0.2, -0.15) is 0 Å². The van der Waals surface area contributed by atoms with Crippen LogP contribution in [0.1, 0.15) is 13.8 Å². The fraction of sp³-hybridized carbons (Fsp3) is 0.625. The molecule has 0 aliphatic rings. The topological polar surface area (TPSA) is 158 Å². The maximum Gasteiger partial charge on any atom is 0.374 e. The molecule has 0 bridgehead atoms. The molecule has 0 spiro atoms. The van der Waals surface area contributed by atoms with Crippen molar-refractivity contribution in [3.8, 4) is 0 Å². The minimum atomic E-state index is -5.38. The molecule has 0 rings (SSSR count). The van der Waals surface area contributed by atoms with Gasteiger partial charge in [0.2, 0.25) is 5.16 Å². The smallest absolute Gasteiger partial charge is 0.374 e. The van der Waals surface area contributed by atoms with Crippen LogP contribution in [-0.4, -0.2) is 56.6 Å². The first-order chi connectivity index (χ1) is 7.96. The van der Waals surface area contributed by atoms with Crippen LogP contribution in [0.15, 0.2) is 0 Å². The number of Topliss-reactive ketones (excluding diaryl/α,β-unsaturated/α-hetero) is 1. The Kier molecular flexibility index (Phi) is 7.65. The first kappa shape index (κ1) is 19.1. The van der Waals surface area contributed by atoms with Crippen LogP contribution in [0.4, 0.5) is 0 Å². The largest absolute Gasteiger partial charge is 0.480 e. The quantitative estimate of drug-likeness (QED) is 0.291. The molecule has 18 heavy (non-hydrogen) atoms. The normalized spacial score (nSPS) is 13.8. The third-order valence-corrected chi connectivity index (χ3v) is 3.48. The molecule has 0 aliphatic heterocycles. The Hall–Kier alpha value is -1.28. The number of hydrogen-bond donors (Lipinski definition) is 4. The van der Waals surface area contributed by atoms with Crippen molar-refractivity contribution in [3.05, 3.63) is 0 Å². The van der Waals surface area contributed by atoms with Gasteiger partial charge in [-0.15, -0.1) is 0 Å². The predicted octanol–water partition coefficient (Wildman–Crippen LogP) is -0.686. The van der Waals surface area contributed by atoms with Gasteiger partial charge in [-0.25, -0.2) is 4.79 Å². The number of carboxylic acid groups (broad SMARTS) is 2. The molecule has 0 aliphatic carbocycles. The summed E-state index contributed by atoms with van der Waals surface area (Å²) in [6.07, 6.45) is 0. The lowest BCUT2D eigenvalue weighted by Gasteiger charge is -2.21. The van der Waals surface area contributed by atoms with Crippen LogP contribution < -0.4 is 0 Å². The summed E-state index contributed by atoms with van der Waals surface area (Å²) in [5.74, 6) is -6.45. The molecule has 0 heterocycles. The lowest BCUT2D eigenvalue weighted by Crippen LogP contribution is -2.47. The van der Waals surface area contributed by atoms with Crippen molar-refractivity contribution in [2.45, 2.75) is 19.0 Å². The standard InChI is InChI=1S/C5H7O8P.C3H8O/c1-5(4(9)10,14(11,12)13)2(6)3(7)8;1-3-4-2/h1H3,(H,7,8)(H,9,10)(H2,11,12,13);3H2,1-2H3. The number of ketones is 1. The van der Waals surface area contributed by atoms with Crippen LogP contribution in [0, 0.1) is 0 Å². The van der Waals surface area contributed by atoms with E-state index in [2.05, 4.69) is 4.74 Å². The fourth-order valence-corrected chi connectivity index (χ4v) is 1.17. The van der Waals surface area contributed by atoms with Crippen LogP contribution >= 0.6 is 7.60 Å². The van der Waals surface area contributed by atoms with Gasteiger partial charge in [0.1, 0.15) is 0 Å². The number of hydrogen-bond acceptors (Lipinski definition) is 5. The number of methoxy groups -OCH3 is 1. The highest BCUT2D eigenvalue weighted by Crippen LogP contribution is 2.51. The molecule has 4 N–H and O–H groups in total. The summed E-state index contributed by atoms with van der Waals surface area (Å²) in [4.78, 5) is 48.5. The van der Waals surface area contributed by atoms with Crippen LogP contribution in [0.2, 0.25) is 0 Å². The number of rotatable bonds is 5. The van der Waals surface area contributed by atoms with Gasteiger partial charge in [0.25, 0.3) is 5.78 Å². The second-order valence-electron chi connectivity index (χ2n) is 3.13. The zero-order valence-corrected chi connectivity index (χ0v) is 10.9. The van der Waals surface area contributed by atoms with Gasteiger partial charge in [-0.05, 0) is 13.8 Å². The Morgan fingerprint density at radius 1 is 1.22 bits per heavy atom. The summed E-state index contributed by atoms with van der Waals surface area (Å²) >= 11 is 0. The maximum atomic E-state index is 10.8. The Labute approximate surface area is 103 Å². The average molecular weight is 286 g/mol. The highest BCUT2D eigenvalue weighted by atomic mass is 31.2. The molecule has 106 valence electrons. The first-order valence-corrected chi connectivity index (χ1v) is 6.13. The molecule has 0 aromatic carbocycles. The van der Waals surface area contributed by atoms with E-state index in [0.717, 1.165) is 6.61 Å². The van der Waals surface area contributed by atoms with Gasteiger partial charge in [0.15, 0.2) is 0 Å². The van der Waals surface area contributed by atoms with Crippen LogP contribution in [0.3, 0.4) is 0 Å². The van der Waals surface area contributed by atoms with Crippen molar-refractivity contribution in [3.63, 3.8) is 0 Å².